The molecule has 0 radical (unpaired) electrons. The second kappa shape index (κ2) is 11.1. The summed E-state index contributed by atoms with van der Waals surface area (Å²) < 4.78 is 107. The van der Waals surface area contributed by atoms with Crippen LogP contribution in [0, 0.1) is 0 Å². The quantitative estimate of drug-likeness (QED) is 0.447. The van der Waals surface area contributed by atoms with Crippen LogP contribution in [0.15, 0.2) is 47.4 Å². The molecule has 1 unspecified atom stereocenters. The number of carbonyl (C=O) groups is 2. The van der Waals surface area contributed by atoms with Gasteiger partial charge in [0.25, 0.3) is 10.0 Å². The molecule has 2 N–H and O–H groups in total. The Labute approximate surface area is 220 Å². The van der Waals surface area contributed by atoms with Gasteiger partial charge in [-0.3, -0.25) is 14.4 Å². The van der Waals surface area contributed by atoms with Gasteiger partial charge in [-0.25, -0.2) is 13.2 Å². The highest BCUT2D eigenvalue weighted by atomic mass is 32.2. The topological polar surface area (TPSA) is 123 Å². The van der Waals surface area contributed by atoms with Crippen molar-refractivity contribution in [1.82, 2.24) is 5.32 Å². The third kappa shape index (κ3) is 7.19. The summed E-state index contributed by atoms with van der Waals surface area (Å²) in [5.41, 5.74) is -3.07. The molecule has 1 atom stereocenters. The van der Waals surface area contributed by atoms with Gasteiger partial charge in [0.15, 0.2) is 0 Å². The van der Waals surface area contributed by atoms with Crippen molar-refractivity contribution in [3.8, 4) is 11.5 Å². The van der Waals surface area contributed by atoms with Gasteiger partial charge in [0.2, 0.25) is 11.5 Å². The van der Waals surface area contributed by atoms with Gasteiger partial charge >= 0.3 is 18.9 Å². The second-order valence-electron chi connectivity index (χ2n) is 8.77. The van der Waals surface area contributed by atoms with Crippen molar-refractivity contribution in [2.75, 3.05) is 22.7 Å². The van der Waals surface area contributed by atoms with E-state index in [1.165, 1.54) is 25.1 Å². The van der Waals surface area contributed by atoms with Crippen molar-refractivity contribution in [3.63, 3.8) is 0 Å². The Morgan fingerprint density at radius 3 is 2.46 bits per heavy atom. The molecule has 0 spiro atoms. The monoisotopic (exact) mass is 581 g/mol. The lowest BCUT2D eigenvalue weighted by molar-refractivity contribution is -0.242. The van der Waals surface area contributed by atoms with E-state index in [-0.39, 0.29) is 30.2 Å². The minimum atomic E-state index is -4.86. The number of sulfonamides is 1. The molecule has 2 aromatic carbocycles. The van der Waals surface area contributed by atoms with Crippen LogP contribution in [0.5, 0.6) is 11.5 Å². The van der Waals surface area contributed by atoms with Crippen molar-refractivity contribution in [2.45, 2.75) is 50.2 Å². The Morgan fingerprint density at radius 1 is 1.15 bits per heavy atom. The summed E-state index contributed by atoms with van der Waals surface area (Å²) in [4.78, 5) is 23.1. The average Bonchev–Trinajstić information content (AvgIpc) is 2.80. The van der Waals surface area contributed by atoms with E-state index in [0.717, 1.165) is 28.6 Å². The zero-order valence-electron chi connectivity index (χ0n) is 20.7. The molecule has 16 heteroatoms. The zero-order valence-corrected chi connectivity index (χ0v) is 21.5. The zero-order chi connectivity index (χ0) is 29.2. The lowest BCUT2D eigenvalue weighted by atomic mass is 10.1. The van der Waals surface area contributed by atoms with E-state index in [4.69, 9.17) is 4.74 Å². The molecule has 2 amide bonds. The number of hydrogen-bond donors (Lipinski definition) is 2. The maximum absolute atomic E-state index is 13.6. The lowest BCUT2D eigenvalue weighted by Gasteiger charge is -2.36. The molecular weight excluding hydrogens is 557 g/mol. The summed E-state index contributed by atoms with van der Waals surface area (Å²) in [6.07, 6.45) is -7.19. The van der Waals surface area contributed by atoms with Gasteiger partial charge in [-0.05, 0) is 44.2 Å². The number of alkyl halides is 5. The fourth-order valence-electron chi connectivity index (χ4n) is 3.35. The number of fused-ring (bicyclic) bond motifs is 1. The molecule has 1 aliphatic heterocycles. The summed E-state index contributed by atoms with van der Waals surface area (Å²) >= 11 is 0. The number of rotatable bonds is 8. The van der Waals surface area contributed by atoms with Crippen LogP contribution in [0.3, 0.4) is 0 Å². The molecule has 0 bridgehead atoms. The van der Waals surface area contributed by atoms with Gasteiger partial charge < -0.3 is 19.5 Å². The van der Waals surface area contributed by atoms with E-state index < -0.39 is 57.2 Å². The molecular formula is C23H24F5N3O7S. The van der Waals surface area contributed by atoms with Crippen LogP contribution < -0.4 is 24.4 Å². The van der Waals surface area contributed by atoms with Gasteiger partial charge in [-0.2, -0.15) is 22.0 Å². The largest absolute Gasteiger partial charge is 0.484 e. The second-order valence-corrected chi connectivity index (χ2v) is 10.6. The number of hydrogen-bond acceptors (Lipinski definition) is 7. The highest BCUT2D eigenvalue weighted by Crippen LogP contribution is 2.40. The first kappa shape index (κ1) is 29.7. The molecule has 1 aliphatic rings. The summed E-state index contributed by atoms with van der Waals surface area (Å²) in [7, 11) is -4.48. The molecule has 0 saturated carbocycles. The maximum atomic E-state index is 13.6. The number of anilines is 2. The van der Waals surface area contributed by atoms with Crippen LogP contribution in [0.1, 0.15) is 20.8 Å². The standard InChI is InChI=1S/C23H24F5N3O7S/c1-13(32)29-11-16-12-31(39(34,35)17-6-4-5-15(10-17)37-20(24)25)18-9-14(7-8-19(18)36-16)30-21(33)38-22(2,3)23(26,27)28/h4-10,16,20H,11-12H2,1-3H3,(H,29,32)(H,30,33). The SMILES string of the molecule is CC(=O)NCC1CN(S(=O)(=O)c2cccc(OC(F)F)c2)c2cc(NC(=O)OC(C)(C)C(F)(F)F)ccc2O1. The molecule has 10 nitrogen and oxygen atoms in total. The molecule has 0 aliphatic carbocycles. The summed E-state index contributed by atoms with van der Waals surface area (Å²) in [6, 6.07) is 7.98. The predicted octanol–water partition coefficient (Wildman–Crippen LogP) is 4.27. The van der Waals surface area contributed by atoms with Gasteiger partial charge in [0, 0.05) is 18.7 Å². The van der Waals surface area contributed by atoms with Crippen LogP contribution in [0.2, 0.25) is 0 Å². The Kier molecular flexibility index (Phi) is 8.47. The summed E-state index contributed by atoms with van der Waals surface area (Å²) in [6.45, 7) is -1.09. The minimum absolute atomic E-state index is 0.00491. The van der Waals surface area contributed by atoms with Crippen LogP contribution in [0.4, 0.5) is 38.1 Å². The van der Waals surface area contributed by atoms with Gasteiger partial charge in [0.05, 0.1) is 23.7 Å². The van der Waals surface area contributed by atoms with E-state index in [9.17, 15) is 40.0 Å². The maximum Gasteiger partial charge on any atom is 0.427 e. The van der Waals surface area contributed by atoms with Crippen LogP contribution in [-0.2, 0) is 19.6 Å². The number of nitrogens with zero attached hydrogens (tertiary/aromatic N) is 1. The van der Waals surface area contributed by atoms with Crippen molar-refractivity contribution in [1.29, 1.82) is 0 Å². The van der Waals surface area contributed by atoms with Crippen LogP contribution >= 0.6 is 0 Å². The van der Waals surface area contributed by atoms with E-state index in [2.05, 4.69) is 20.1 Å². The van der Waals surface area contributed by atoms with Crippen molar-refractivity contribution < 1.29 is 54.2 Å². The van der Waals surface area contributed by atoms with Crippen molar-refractivity contribution >= 4 is 33.4 Å². The third-order valence-corrected chi connectivity index (χ3v) is 7.14. The predicted molar refractivity (Wildman–Crippen MR) is 127 cm³/mol. The molecule has 1 heterocycles. The number of ether oxygens (including phenoxy) is 3. The van der Waals surface area contributed by atoms with Gasteiger partial charge in [-0.1, -0.05) is 6.07 Å². The first-order valence-electron chi connectivity index (χ1n) is 11.2. The molecule has 39 heavy (non-hydrogen) atoms. The normalized spacial score (nSPS) is 15.7. The van der Waals surface area contributed by atoms with E-state index in [1.54, 1.807) is 0 Å². The molecule has 2 aromatic rings. The Bertz CT molecular complexity index is 1340. The fraction of sp³-hybridized carbons (Fsp3) is 0.391. The highest BCUT2D eigenvalue weighted by Gasteiger charge is 2.51. The van der Waals surface area contributed by atoms with E-state index in [0.29, 0.717) is 13.8 Å². The Balaban J connectivity index is 1.97. The van der Waals surface area contributed by atoms with Crippen molar-refractivity contribution in [2.24, 2.45) is 0 Å². The molecule has 0 aromatic heterocycles. The first-order chi connectivity index (χ1) is 18.0. The Morgan fingerprint density at radius 2 is 1.85 bits per heavy atom. The molecule has 3 rings (SSSR count). The molecule has 0 saturated heterocycles. The van der Waals surface area contributed by atoms with Crippen molar-refractivity contribution in [3.05, 3.63) is 42.5 Å². The van der Waals surface area contributed by atoms with Crippen LogP contribution in [-0.4, -0.2) is 58.0 Å². The highest BCUT2D eigenvalue weighted by molar-refractivity contribution is 7.92. The number of amides is 2. The molecule has 214 valence electrons. The average molecular weight is 582 g/mol. The summed E-state index contributed by atoms with van der Waals surface area (Å²) in [5, 5.41) is 4.62. The number of carbonyl (C=O) groups excluding carboxylic acids is 2. The molecule has 0 fully saturated rings. The van der Waals surface area contributed by atoms with Crippen LogP contribution in [0.25, 0.3) is 0 Å². The van der Waals surface area contributed by atoms with E-state index in [1.807, 2.05) is 0 Å². The van der Waals surface area contributed by atoms with Gasteiger partial charge in [0.1, 0.15) is 17.6 Å². The van der Waals surface area contributed by atoms with Gasteiger partial charge in [-0.15, -0.1) is 0 Å². The third-order valence-electron chi connectivity index (χ3n) is 5.36. The number of nitrogens with one attached hydrogen (secondary N) is 2. The smallest absolute Gasteiger partial charge is 0.427 e. The Hall–Kier alpha value is -3.82. The number of benzene rings is 2. The lowest BCUT2D eigenvalue weighted by Crippen LogP contribution is -2.48. The summed E-state index contributed by atoms with van der Waals surface area (Å²) in [5.74, 6) is -0.829. The first-order valence-corrected chi connectivity index (χ1v) is 12.6. The minimum Gasteiger partial charge on any atom is -0.484 e. The number of halogens is 5. The van der Waals surface area contributed by atoms with E-state index >= 15 is 0 Å². The fourth-order valence-corrected chi connectivity index (χ4v) is 4.89.